The zero-order valence-corrected chi connectivity index (χ0v) is 6.04. The van der Waals surface area contributed by atoms with Crippen molar-refractivity contribution in [1.82, 2.24) is 5.32 Å². The lowest BCUT2D eigenvalue weighted by atomic mass is 10.1. The molecule has 1 aliphatic rings. The topological polar surface area (TPSA) is 72.2 Å². The number of amides is 2. The molecule has 4 heteroatoms. The van der Waals surface area contributed by atoms with Gasteiger partial charge in [-0.15, -0.1) is 0 Å². The van der Waals surface area contributed by atoms with E-state index in [1.807, 2.05) is 0 Å². The summed E-state index contributed by atoms with van der Waals surface area (Å²) in [6, 6.07) is 0. The number of nitrogens with two attached hydrogens (primary N) is 1. The lowest BCUT2D eigenvalue weighted by Crippen LogP contribution is -2.18. The number of carbonyl (C=O) groups excluding carboxylic acids is 2. The van der Waals surface area contributed by atoms with Crippen molar-refractivity contribution in [3.8, 4) is 0 Å². The van der Waals surface area contributed by atoms with Gasteiger partial charge in [0.25, 0.3) is 0 Å². The molecule has 0 aromatic carbocycles. The Morgan fingerprint density at radius 1 is 1.73 bits per heavy atom. The molecule has 11 heavy (non-hydrogen) atoms. The molecule has 3 N–H and O–H groups in total. The lowest BCUT2D eigenvalue weighted by Gasteiger charge is -1.95. The second kappa shape index (κ2) is 3.18. The molecular formula is C7H10N2O2. The summed E-state index contributed by atoms with van der Waals surface area (Å²) in [7, 11) is 0. The molecule has 1 fully saturated rings. The van der Waals surface area contributed by atoms with E-state index in [-0.39, 0.29) is 11.8 Å². The zero-order chi connectivity index (χ0) is 8.27. The standard InChI is InChI=1S/C7H10N2O2/c8-6(10)2-1-5-3-4-9-7(5)11/h1-2,5H,3-4H2,(H2,8,10)(H,9,11)/t5-/m1/s1. The van der Waals surface area contributed by atoms with Gasteiger partial charge in [0.05, 0.1) is 5.92 Å². The molecular weight excluding hydrogens is 144 g/mol. The van der Waals surface area contributed by atoms with Gasteiger partial charge in [0, 0.05) is 6.54 Å². The maximum absolute atomic E-state index is 10.9. The third-order valence-corrected chi connectivity index (χ3v) is 1.58. The molecule has 1 rings (SSSR count). The van der Waals surface area contributed by atoms with Gasteiger partial charge < -0.3 is 11.1 Å². The number of carbonyl (C=O) groups is 2. The van der Waals surface area contributed by atoms with Crippen LogP contribution in [0.1, 0.15) is 6.42 Å². The van der Waals surface area contributed by atoms with Gasteiger partial charge in [-0.3, -0.25) is 9.59 Å². The molecule has 0 aromatic rings. The van der Waals surface area contributed by atoms with Crippen molar-refractivity contribution in [2.45, 2.75) is 6.42 Å². The van der Waals surface area contributed by atoms with Crippen LogP contribution < -0.4 is 11.1 Å². The highest BCUT2D eigenvalue weighted by atomic mass is 16.2. The molecule has 0 unspecified atom stereocenters. The van der Waals surface area contributed by atoms with Crippen molar-refractivity contribution in [1.29, 1.82) is 0 Å². The van der Waals surface area contributed by atoms with Gasteiger partial charge in [0.2, 0.25) is 11.8 Å². The maximum atomic E-state index is 10.9. The van der Waals surface area contributed by atoms with E-state index in [1.165, 1.54) is 6.08 Å². The van der Waals surface area contributed by atoms with Gasteiger partial charge >= 0.3 is 0 Å². The molecule has 1 aliphatic heterocycles. The molecule has 0 aliphatic carbocycles. The summed E-state index contributed by atoms with van der Waals surface area (Å²) in [5.74, 6) is -0.699. The van der Waals surface area contributed by atoms with Crippen LogP contribution in [0.5, 0.6) is 0 Å². The van der Waals surface area contributed by atoms with Crippen LogP contribution in [-0.4, -0.2) is 18.4 Å². The van der Waals surface area contributed by atoms with Gasteiger partial charge in [-0.2, -0.15) is 0 Å². The van der Waals surface area contributed by atoms with Crippen molar-refractivity contribution in [3.63, 3.8) is 0 Å². The van der Waals surface area contributed by atoms with Gasteiger partial charge in [0.15, 0.2) is 0 Å². The zero-order valence-electron chi connectivity index (χ0n) is 6.04. The van der Waals surface area contributed by atoms with Crippen LogP contribution in [-0.2, 0) is 9.59 Å². The van der Waals surface area contributed by atoms with Gasteiger partial charge in [0.1, 0.15) is 0 Å². The summed E-state index contributed by atoms with van der Waals surface area (Å²) >= 11 is 0. The molecule has 0 bridgehead atoms. The molecule has 4 nitrogen and oxygen atoms in total. The normalized spacial score (nSPS) is 24.0. The average molecular weight is 154 g/mol. The fourth-order valence-corrected chi connectivity index (χ4v) is 1.01. The van der Waals surface area contributed by atoms with Crippen LogP contribution in [0.2, 0.25) is 0 Å². The van der Waals surface area contributed by atoms with E-state index in [0.29, 0.717) is 6.54 Å². The summed E-state index contributed by atoms with van der Waals surface area (Å²) in [5.41, 5.74) is 4.86. The van der Waals surface area contributed by atoms with E-state index in [2.05, 4.69) is 5.32 Å². The number of hydrogen-bond donors (Lipinski definition) is 2. The van der Waals surface area contributed by atoms with Crippen molar-refractivity contribution < 1.29 is 9.59 Å². The van der Waals surface area contributed by atoms with Crippen LogP contribution in [0.4, 0.5) is 0 Å². The molecule has 1 atom stereocenters. The fraction of sp³-hybridized carbons (Fsp3) is 0.429. The van der Waals surface area contributed by atoms with E-state index >= 15 is 0 Å². The van der Waals surface area contributed by atoms with Crippen molar-refractivity contribution >= 4 is 11.8 Å². The summed E-state index contributed by atoms with van der Waals surface area (Å²) in [6.07, 6.45) is 3.53. The average Bonchev–Trinajstić information content (AvgIpc) is 2.31. The Balaban J connectivity index is 2.48. The third-order valence-electron chi connectivity index (χ3n) is 1.58. The Labute approximate surface area is 64.4 Å². The van der Waals surface area contributed by atoms with Gasteiger partial charge in [-0.25, -0.2) is 0 Å². The monoisotopic (exact) mass is 154 g/mol. The Kier molecular flexibility index (Phi) is 2.25. The largest absolute Gasteiger partial charge is 0.366 e. The first-order chi connectivity index (χ1) is 5.20. The number of nitrogens with one attached hydrogen (secondary N) is 1. The predicted octanol–water partition coefficient (Wildman–Crippen LogP) is -0.836. The molecule has 0 aromatic heterocycles. The Hall–Kier alpha value is -1.32. The molecule has 2 amide bonds. The SMILES string of the molecule is NC(=O)C=C[C@@H]1CCNC1=O. The molecule has 0 saturated carbocycles. The highest BCUT2D eigenvalue weighted by Crippen LogP contribution is 2.09. The quantitative estimate of drug-likeness (QED) is 0.509. The molecule has 0 spiro atoms. The van der Waals surface area contributed by atoms with Gasteiger partial charge in [-0.05, 0) is 12.5 Å². The van der Waals surface area contributed by atoms with Crippen molar-refractivity contribution in [2.75, 3.05) is 6.54 Å². The number of hydrogen-bond acceptors (Lipinski definition) is 2. The molecule has 1 saturated heterocycles. The minimum absolute atomic E-state index is 0.0255. The first kappa shape index (κ1) is 7.78. The number of primary amides is 1. The minimum atomic E-state index is -0.510. The lowest BCUT2D eigenvalue weighted by molar-refractivity contribution is -0.121. The van der Waals surface area contributed by atoms with Crippen LogP contribution in [0.15, 0.2) is 12.2 Å². The van der Waals surface area contributed by atoms with Crippen LogP contribution >= 0.6 is 0 Å². The summed E-state index contributed by atoms with van der Waals surface area (Å²) in [6.45, 7) is 0.687. The minimum Gasteiger partial charge on any atom is -0.366 e. The summed E-state index contributed by atoms with van der Waals surface area (Å²) < 4.78 is 0. The van der Waals surface area contributed by atoms with E-state index in [1.54, 1.807) is 6.08 Å². The van der Waals surface area contributed by atoms with Crippen molar-refractivity contribution in [2.24, 2.45) is 11.7 Å². The van der Waals surface area contributed by atoms with E-state index in [4.69, 9.17) is 5.73 Å². The maximum Gasteiger partial charge on any atom is 0.241 e. The predicted molar refractivity (Wildman–Crippen MR) is 39.5 cm³/mol. The van der Waals surface area contributed by atoms with E-state index in [9.17, 15) is 9.59 Å². The highest BCUT2D eigenvalue weighted by molar-refractivity contribution is 5.88. The molecule has 1 heterocycles. The Morgan fingerprint density at radius 2 is 2.45 bits per heavy atom. The second-order valence-electron chi connectivity index (χ2n) is 2.45. The van der Waals surface area contributed by atoms with E-state index in [0.717, 1.165) is 6.42 Å². The Morgan fingerprint density at radius 3 is 2.91 bits per heavy atom. The Bertz CT molecular complexity index is 210. The number of rotatable bonds is 2. The van der Waals surface area contributed by atoms with Gasteiger partial charge in [-0.1, -0.05) is 6.08 Å². The third kappa shape index (κ3) is 2.07. The van der Waals surface area contributed by atoms with E-state index < -0.39 is 5.91 Å². The summed E-state index contributed by atoms with van der Waals surface area (Å²) in [5, 5.41) is 2.65. The molecule has 0 radical (unpaired) electrons. The fourth-order valence-electron chi connectivity index (χ4n) is 1.01. The van der Waals surface area contributed by atoms with Crippen LogP contribution in [0.25, 0.3) is 0 Å². The highest BCUT2D eigenvalue weighted by Gasteiger charge is 2.20. The first-order valence-corrected chi connectivity index (χ1v) is 3.45. The van der Waals surface area contributed by atoms with Crippen molar-refractivity contribution in [3.05, 3.63) is 12.2 Å². The summed E-state index contributed by atoms with van der Waals surface area (Å²) in [4.78, 5) is 21.1. The molecule has 60 valence electrons. The smallest absolute Gasteiger partial charge is 0.241 e. The second-order valence-corrected chi connectivity index (χ2v) is 2.45. The first-order valence-electron chi connectivity index (χ1n) is 3.45. The van der Waals surface area contributed by atoms with Crippen LogP contribution in [0.3, 0.4) is 0 Å². The van der Waals surface area contributed by atoms with Crippen LogP contribution in [0, 0.1) is 5.92 Å².